The van der Waals surface area contributed by atoms with E-state index in [2.05, 4.69) is 11.4 Å². The van der Waals surface area contributed by atoms with Crippen LogP contribution in [0.4, 0.5) is 10.5 Å². The van der Waals surface area contributed by atoms with E-state index in [9.17, 15) is 4.79 Å². The maximum atomic E-state index is 11.9. The molecule has 4 heteroatoms. The van der Waals surface area contributed by atoms with Crippen molar-refractivity contribution in [3.05, 3.63) is 29.3 Å². The largest absolute Gasteiger partial charge is 0.325 e. The maximum absolute atomic E-state index is 11.9. The Morgan fingerprint density at radius 3 is 2.59 bits per heavy atom. The molecule has 4 nitrogen and oxygen atoms in total. The summed E-state index contributed by atoms with van der Waals surface area (Å²) in [5, 5.41) is 11.6. The molecule has 1 aromatic rings. The molecule has 0 aliphatic rings. The van der Waals surface area contributed by atoms with Gasteiger partial charge in [-0.25, -0.2) is 4.79 Å². The van der Waals surface area contributed by atoms with Gasteiger partial charge in [-0.2, -0.15) is 5.26 Å². The number of nitrogens with one attached hydrogen (secondary N) is 1. The van der Waals surface area contributed by atoms with Crippen molar-refractivity contribution in [1.82, 2.24) is 4.90 Å². The number of hydrogen-bond acceptors (Lipinski definition) is 2. The van der Waals surface area contributed by atoms with Crippen molar-refractivity contribution in [3.63, 3.8) is 0 Å². The lowest BCUT2D eigenvalue weighted by atomic mass is 10.1. The molecule has 0 radical (unpaired) electrons. The third-order valence-corrected chi connectivity index (χ3v) is 2.66. The van der Waals surface area contributed by atoms with Crippen molar-refractivity contribution in [1.29, 1.82) is 5.26 Å². The van der Waals surface area contributed by atoms with E-state index in [1.54, 1.807) is 17.0 Å². The predicted molar refractivity (Wildman–Crippen MR) is 67.8 cm³/mol. The zero-order chi connectivity index (χ0) is 12.8. The van der Waals surface area contributed by atoms with Gasteiger partial charge in [0.05, 0.1) is 11.6 Å². The van der Waals surface area contributed by atoms with Crippen LogP contribution in [0.2, 0.25) is 0 Å². The Kier molecular flexibility index (Phi) is 4.53. The average molecular weight is 231 g/mol. The first-order valence-corrected chi connectivity index (χ1v) is 5.69. The molecule has 0 spiro atoms. The van der Waals surface area contributed by atoms with Crippen molar-refractivity contribution >= 4 is 11.7 Å². The summed E-state index contributed by atoms with van der Waals surface area (Å²) in [5.74, 6) is 0. The standard InChI is InChI=1S/C13H17N3O/c1-4-16(5-2)13(17)15-12-8-11(9-14)7-6-10(12)3/h6-8H,4-5H2,1-3H3,(H,15,17). The van der Waals surface area contributed by atoms with Crippen molar-refractivity contribution in [3.8, 4) is 6.07 Å². The fourth-order valence-corrected chi connectivity index (χ4v) is 1.53. The second-order valence-corrected chi connectivity index (χ2v) is 3.74. The number of aryl methyl sites for hydroxylation is 1. The lowest BCUT2D eigenvalue weighted by Gasteiger charge is -2.20. The van der Waals surface area contributed by atoms with E-state index in [-0.39, 0.29) is 6.03 Å². The number of carbonyl (C=O) groups is 1. The van der Waals surface area contributed by atoms with E-state index in [1.807, 2.05) is 26.8 Å². The third-order valence-electron chi connectivity index (χ3n) is 2.66. The summed E-state index contributed by atoms with van der Waals surface area (Å²) in [7, 11) is 0. The highest BCUT2D eigenvalue weighted by molar-refractivity contribution is 5.90. The first kappa shape index (κ1) is 13.0. The van der Waals surface area contributed by atoms with Crippen LogP contribution < -0.4 is 5.32 Å². The zero-order valence-corrected chi connectivity index (χ0v) is 10.4. The highest BCUT2D eigenvalue weighted by Gasteiger charge is 2.10. The second-order valence-electron chi connectivity index (χ2n) is 3.74. The van der Waals surface area contributed by atoms with Gasteiger partial charge in [0.15, 0.2) is 0 Å². The average Bonchev–Trinajstić information content (AvgIpc) is 2.33. The molecular formula is C13H17N3O. The third kappa shape index (κ3) is 3.22. The van der Waals surface area contributed by atoms with Crippen molar-refractivity contribution < 1.29 is 4.79 Å². The quantitative estimate of drug-likeness (QED) is 0.869. The van der Waals surface area contributed by atoms with Gasteiger partial charge in [0.25, 0.3) is 0 Å². The number of rotatable bonds is 3. The monoisotopic (exact) mass is 231 g/mol. The van der Waals surface area contributed by atoms with Crippen molar-refractivity contribution in [2.45, 2.75) is 20.8 Å². The van der Waals surface area contributed by atoms with Crippen LogP contribution in [0.1, 0.15) is 25.0 Å². The number of nitriles is 1. The van der Waals surface area contributed by atoms with Gasteiger partial charge < -0.3 is 10.2 Å². The molecule has 0 bridgehead atoms. The molecule has 0 fully saturated rings. The second kappa shape index (κ2) is 5.90. The molecule has 1 rings (SSSR count). The number of benzene rings is 1. The molecule has 0 aliphatic heterocycles. The highest BCUT2D eigenvalue weighted by atomic mass is 16.2. The van der Waals surface area contributed by atoms with E-state index >= 15 is 0 Å². The van der Waals surface area contributed by atoms with Crippen LogP contribution in [0.5, 0.6) is 0 Å². The summed E-state index contributed by atoms with van der Waals surface area (Å²) >= 11 is 0. The number of anilines is 1. The van der Waals surface area contributed by atoms with E-state index in [0.29, 0.717) is 24.3 Å². The SMILES string of the molecule is CCN(CC)C(=O)Nc1cc(C#N)ccc1C. The van der Waals surface area contributed by atoms with Crippen LogP contribution in [0.15, 0.2) is 18.2 Å². The Labute approximate surface area is 102 Å². The normalized spacial score (nSPS) is 9.53. The number of carbonyl (C=O) groups excluding carboxylic acids is 1. The Morgan fingerprint density at radius 1 is 1.41 bits per heavy atom. The van der Waals surface area contributed by atoms with Crippen LogP contribution in [0, 0.1) is 18.3 Å². The van der Waals surface area contributed by atoms with Crippen molar-refractivity contribution in [2.75, 3.05) is 18.4 Å². The van der Waals surface area contributed by atoms with Crippen LogP contribution in [0.25, 0.3) is 0 Å². The minimum absolute atomic E-state index is 0.131. The van der Waals surface area contributed by atoms with Crippen LogP contribution in [-0.2, 0) is 0 Å². The molecule has 0 saturated carbocycles. The van der Waals surface area contributed by atoms with E-state index in [1.165, 1.54) is 0 Å². The Morgan fingerprint density at radius 2 is 2.06 bits per heavy atom. The minimum Gasteiger partial charge on any atom is -0.325 e. The van der Waals surface area contributed by atoms with E-state index in [0.717, 1.165) is 5.56 Å². The topological polar surface area (TPSA) is 56.1 Å². The number of hydrogen-bond donors (Lipinski definition) is 1. The molecule has 1 aromatic carbocycles. The minimum atomic E-state index is -0.131. The van der Waals surface area contributed by atoms with Gasteiger partial charge in [-0.3, -0.25) is 0 Å². The van der Waals surface area contributed by atoms with Gasteiger partial charge in [0, 0.05) is 18.8 Å². The molecule has 90 valence electrons. The van der Waals surface area contributed by atoms with Gasteiger partial charge in [0.1, 0.15) is 0 Å². The Hall–Kier alpha value is -2.02. The molecule has 1 N–H and O–H groups in total. The van der Waals surface area contributed by atoms with Crippen LogP contribution in [0.3, 0.4) is 0 Å². The summed E-state index contributed by atoms with van der Waals surface area (Å²) in [6, 6.07) is 7.19. The summed E-state index contributed by atoms with van der Waals surface area (Å²) in [6.45, 7) is 7.10. The van der Waals surface area contributed by atoms with E-state index < -0.39 is 0 Å². The fourth-order valence-electron chi connectivity index (χ4n) is 1.53. The number of urea groups is 1. The predicted octanol–water partition coefficient (Wildman–Crippen LogP) is 2.74. The van der Waals surface area contributed by atoms with Gasteiger partial charge in [-0.05, 0) is 38.5 Å². The smallest absolute Gasteiger partial charge is 0.321 e. The Bertz CT molecular complexity index is 444. The van der Waals surface area contributed by atoms with E-state index in [4.69, 9.17) is 5.26 Å². The summed E-state index contributed by atoms with van der Waals surface area (Å²) in [4.78, 5) is 13.6. The molecule has 0 saturated heterocycles. The van der Waals surface area contributed by atoms with Gasteiger partial charge in [-0.1, -0.05) is 6.07 Å². The maximum Gasteiger partial charge on any atom is 0.321 e. The molecule has 0 heterocycles. The first-order chi connectivity index (χ1) is 8.12. The molecule has 2 amide bonds. The number of nitrogens with zero attached hydrogens (tertiary/aromatic N) is 2. The van der Waals surface area contributed by atoms with Gasteiger partial charge >= 0.3 is 6.03 Å². The first-order valence-electron chi connectivity index (χ1n) is 5.69. The van der Waals surface area contributed by atoms with Crippen LogP contribution in [-0.4, -0.2) is 24.0 Å². The molecule has 0 atom stereocenters. The van der Waals surface area contributed by atoms with Crippen molar-refractivity contribution in [2.24, 2.45) is 0 Å². The highest BCUT2D eigenvalue weighted by Crippen LogP contribution is 2.16. The van der Waals surface area contributed by atoms with Gasteiger partial charge in [0.2, 0.25) is 0 Å². The molecular weight excluding hydrogens is 214 g/mol. The lowest BCUT2D eigenvalue weighted by Crippen LogP contribution is -2.34. The molecule has 0 aliphatic carbocycles. The number of amides is 2. The van der Waals surface area contributed by atoms with Gasteiger partial charge in [-0.15, -0.1) is 0 Å². The summed E-state index contributed by atoms with van der Waals surface area (Å²) in [5.41, 5.74) is 2.19. The summed E-state index contributed by atoms with van der Waals surface area (Å²) in [6.07, 6.45) is 0. The fraction of sp³-hybridized carbons (Fsp3) is 0.385. The molecule has 0 aromatic heterocycles. The lowest BCUT2D eigenvalue weighted by molar-refractivity contribution is 0.217. The molecule has 17 heavy (non-hydrogen) atoms. The summed E-state index contributed by atoms with van der Waals surface area (Å²) < 4.78 is 0. The molecule has 0 unspecified atom stereocenters. The van der Waals surface area contributed by atoms with Crippen LogP contribution >= 0.6 is 0 Å². The Balaban J connectivity index is 2.88. The zero-order valence-electron chi connectivity index (χ0n) is 10.4.